The van der Waals surface area contributed by atoms with E-state index in [2.05, 4.69) is 12.2 Å². The van der Waals surface area contributed by atoms with Gasteiger partial charge in [0.1, 0.15) is 5.75 Å². The Labute approximate surface area is 109 Å². The zero-order chi connectivity index (χ0) is 13.0. The topological polar surface area (TPSA) is 38.3 Å². The van der Waals surface area contributed by atoms with E-state index in [1.807, 2.05) is 18.2 Å². The molecule has 1 saturated heterocycles. The van der Waals surface area contributed by atoms with Crippen LogP contribution in [0.1, 0.15) is 35.7 Å². The molecular formula is C15H21NO2. The third kappa shape index (κ3) is 2.72. The van der Waals surface area contributed by atoms with Crippen molar-refractivity contribution in [1.82, 2.24) is 5.32 Å². The average molecular weight is 247 g/mol. The second kappa shape index (κ2) is 6.01. The van der Waals surface area contributed by atoms with Gasteiger partial charge >= 0.3 is 0 Å². The number of Topliss-reactive ketones (excluding diaryl/α,β-unsaturated/α-hetero) is 1. The zero-order valence-electron chi connectivity index (χ0n) is 11.2. The molecule has 1 unspecified atom stereocenters. The monoisotopic (exact) mass is 247 g/mol. The number of carbonyl (C=O) groups is 1. The highest BCUT2D eigenvalue weighted by Gasteiger charge is 2.22. The summed E-state index contributed by atoms with van der Waals surface area (Å²) in [4.78, 5) is 12.4. The molecule has 1 fully saturated rings. The van der Waals surface area contributed by atoms with Crippen molar-refractivity contribution in [3.63, 3.8) is 0 Å². The normalized spacial score (nSPS) is 19.6. The van der Waals surface area contributed by atoms with Crippen molar-refractivity contribution in [3.05, 3.63) is 29.3 Å². The van der Waals surface area contributed by atoms with Gasteiger partial charge in [0.25, 0.3) is 0 Å². The van der Waals surface area contributed by atoms with E-state index in [1.165, 1.54) is 0 Å². The molecule has 0 aromatic heterocycles. The first-order valence-electron chi connectivity index (χ1n) is 6.68. The lowest BCUT2D eigenvalue weighted by atomic mass is 9.90. The van der Waals surface area contributed by atoms with Crippen molar-refractivity contribution in [1.29, 1.82) is 0 Å². The van der Waals surface area contributed by atoms with E-state index in [1.54, 1.807) is 7.11 Å². The van der Waals surface area contributed by atoms with Crippen molar-refractivity contribution in [2.24, 2.45) is 5.92 Å². The van der Waals surface area contributed by atoms with Crippen LogP contribution in [0.25, 0.3) is 0 Å². The van der Waals surface area contributed by atoms with Gasteiger partial charge in [-0.3, -0.25) is 4.79 Å². The number of carbonyl (C=O) groups excluding carboxylic acids is 1. The Balaban J connectivity index is 2.19. The summed E-state index contributed by atoms with van der Waals surface area (Å²) in [5.41, 5.74) is 1.92. The molecule has 0 bridgehead atoms. The molecule has 1 aromatic rings. The van der Waals surface area contributed by atoms with Gasteiger partial charge in [0.15, 0.2) is 5.78 Å². The number of benzene rings is 1. The molecule has 1 N–H and O–H groups in total. The summed E-state index contributed by atoms with van der Waals surface area (Å²) in [7, 11) is 1.67. The van der Waals surface area contributed by atoms with Crippen LogP contribution < -0.4 is 10.1 Å². The summed E-state index contributed by atoms with van der Waals surface area (Å²) in [6, 6.07) is 5.77. The maximum atomic E-state index is 12.4. The Morgan fingerprint density at radius 1 is 1.50 bits per heavy atom. The van der Waals surface area contributed by atoms with Gasteiger partial charge in [0, 0.05) is 18.0 Å². The van der Waals surface area contributed by atoms with E-state index in [0.29, 0.717) is 0 Å². The number of methoxy groups -OCH3 is 1. The molecule has 1 atom stereocenters. The summed E-state index contributed by atoms with van der Waals surface area (Å²) >= 11 is 0. The van der Waals surface area contributed by atoms with Crippen LogP contribution in [0.3, 0.4) is 0 Å². The third-order valence-electron chi connectivity index (χ3n) is 3.61. The fourth-order valence-electron chi connectivity index (χ4n) is 2.52. The van der Waals surface area contributed by atoms with E-state index < -0.39 is 0 Å². The average Bonchev–Trinajstić information content (AvgIpc) is 2.46. The lowest BCUT2D eigenvalue weighted by Gasteiger charge is -2.22. The third-order valence-corrected chi connectivity index (χ3v) is 3.61. The molecule has 98 valence electrons. The molecule has 0 amide bonds. The van der Waals surface area contributed by atoms with E-state index in [0.717, 1.165) is 49.2 Å². The van der Waals surface area contributed by atoms with E-state index in [9.17, 15) is 4.79 Å². The highest BCUT2D eigenvalue weighted by molar-refractivity contribution is 5.98. The van der Waals surface area contributed by atoms with Crippen molar-refractivity contribution >= 4 is 5.78 Å². The number of hydrogen-bond donors (Lipinski definition) is 1. The maximum absolute atomic E-state index is 12.4. The second-order valence-electron chi connectivity index (χ2n) is 4.79. The van der Waals surface area contributed by atoms with E-state index in [-0.39, 0.29) is 11.7 Å². The van der Waals surface area contributed by atoms with E-state index >= 15 is 0 Å². The number of ether oxygens (including phenoxy) is 1. The minimum Gasteiger partial charge on any atom is -0.496 e. The number of ketones is 1. The quantitative estimate of drug-likeness (QED) is 0.830. The van der Waals surface area contributed by atoms with E-state index in [4.69, 9.17) is 4.74 Å². The van der Waals surface area contributed by atoms with Gasteiger partial charge in [0.2, 0.25) is 0 Å². The van der Waals surface area contributed by atoms with Crippen molar-refractivity contribution < 1.29 is 9.53 Å². The number of rotatable bonds is 4. The summed E-state index contributed by atoms with van der Waals surface area (Å²) in [6.45, 7) is 3.92. The predicted molar refractivity (Wildman–Crippen MR) is 72.3 cm³/mol. The molecule has 3 heteroatoms. The summed E-state index contributed by atoms with van der Waals surface area (Å²) in [6.07, 6.45) is 2.97. The van der Waals surface area contributed by atoms with Gasteiger partial charge < -0.3 is 10.1 Å². The molecule has 0 saturated carbocycles. The first-order valence-corrected chi connectivity index (χ1v) is 6.68. The number of aryl methyl sites for hydroxylation is 1. The van der Waals surface area contributed by atoms with Gasteiger partial charge in [-0.05, 0) is 49.6 Å². The van der Waals surface area contributed by atoms with Crippen LogP contribution in [0.15, 0.2) is 18.2 Å². The zero-order valence-corrected chi connectivity index (χ0v) is 11.2. The standard InChI is InChI=1S/C15H21NO2/c1-3-11-9-12(6-7-14(11)18-2)15(17)13-5-4-8-16-10-13/h6-7,9,13,16H,3-5,8,10H2,1-2H3. The molecule has 18 heavy (non-hydrogen) atoms. The van der Waals surface area contributed by atoms with Crippen molar-refractivity contribution in [2.75, 3.05) is 20.2 Å². The van der Waals surface area contributed by atoms with Crippen LogP contribution in [0.4, 0.5) is 0 Å². The SMILES string of the molecule is CCc1cc(C(=O)C2CCCNC2)ccc1OC. The van der Waals surface area contributed by atoms with Crippen LogP contribution >= 0.6 is 0 Å². The van der Waals surface area contributed by atoms with Crippen LogP contribution in [0.5, 0.6) is 5.75 Å². The predicted octanol–water partition coefficient (Wildman–Crippen LogP) is 2.44. The molecule has 0 radical (unpaired) electrons. The van der Waals surface area contributed by atoms with Crippen molar-refractivity contribution in [3.8, 4) is 5.75 Å². The van der Waals surface area contributed by atoms with Gasteiger partial charge in [-0.2, -0.15) is 0 Å². The molecule has 1 aliphatic heterocycles. The van der Waals surface area contributed by atoms with Gasteiger partial charge in [-0.15, -0.1) is 0 Å². The second-order valence-corrected chi connectivity index (χ2v) is 4.79. The smallest absolute Gasteiger partial charge is 0.167 e. The molecule has 3 nitrogen and oxygen atoms in total. The minimum atomic E-state index is 0.136. The Morgan fingerprint density at radius 3 is 2.94 bits per heavy atom. The first kappa shape index (κ1) is 13.1. The summed E-state index contributed by atoms with van der Waals surface area (Å²) in [5.74, 6) is 1.27. The molecule has 0 spiro atoms. The maximum Gasteiger partial charge on any atom is 0.167 e. The molecule has 1 heterocycles. The van der Waals surface area contributed by atoms with Crippen molar-refractivity contribution in [2.45, 2.75) is 26.2 Å². The Hall–Kier alpha value is -1.35. The van der Waals surface area contributed by atoms with Crippen LogP contribution in [0.2, 0.25) is 0 Å². The Morgan fingerprint density at radius 2 is 2.33 bits per heavy atom. The lowest BCUT2D eigenvalue weighted by molar-refractivity contribution is 0.0899. The largest absolute Gasteiger partial charge is 0.496 e. The lowest BCUT2D eigenvalue weighted by Crippen LogP contribution is -2.34. The van der Waals surface area contributed by atoms with Gasteiger partial charge in [-0.25, -0.2) is 0 Å². The number of hydrogen-bond acceptors (Lipinski definition) is 3. The van der Waals surface area contributed by atoms with Crippen LogP contribution in [0, 0.1) is 5.92 Å². The Bertz CT molecular complexity index is 423. The molecule has 1 aliphatic rings. The fraction of sp³-hybridized carbons (Fsp3) is 0.533. The fourth-order valence-corrected chi connectivity index (χ4v) is 2.52. The summed E-state index contributed by atoms with van der Waals surface area (Å²) < 4.78 is 5.29. The highest BCUT2D eigenvalue weighted by atomic mass is 16.5. The first-order chi connectivity index (χ1) is 8.76. The summed E-state index contributed by atoms with van der Waals surface area (Å²) in [5, 5.41) is 3.29. The minimum absolute atomic E-state index is 0.136. The molecule has 0 aliphatic carbocycles. The van der Waals surface area contributed by atoms with Crippen LogP contribution in [-0.2, 0) is 6.42 Å². The number of nitrogens with one attached hydrogen (secondary N) is 1. The molecule has 2 rings (SSSR count). The Kier molecular flexibility index (Phi) is 4.37. The highest BCUT2D eigenvalue weighted by Crippen LogP contribution is 2.23. The van der Waals surface area contributed by atoms with Gasteiger partial charge in [0.05, 0.1) is 7.11 Å². The van der Waals surface area contributed by atoms with Crippen LogP contribution in [-0.4, -0.2) is 26.0 Å². The molecule has 1 aromatic carbocycles. The molecular weight excluding hydrogens is 226 g/mol. The van der Waals surface area contributed by atoms with Gasteiger partial charge in [-0.1, -0.05) is 6.92 Å². The number of piperidine rings is 1.